The molecule has 1 saturated heterocycles. The molecule has 0 spiro atoms. The standard InChI is InChI=1S/C20H27N5O3/c1-23-11-9-17(10-12-23)28-16-6-4-15(5-7-16)21-19(26)14-3-8-18-22-24(2)20(27)25(18)13-14/h4-7,14,17H,3,8-13H2,1-2H3,(H,21,26). The summed E-state index contributed by atoms with van der Waals surface area (Å²) in [5.74, 6) is 1.29. The number of aromatic nitrogens is 3. The number of rotatable bonds is 4. The van der Waals surface area contributed by atoms with Crippen molar-refractivity contribution in [1.82, 2.24) is 19.2 Å². The number of carbonyl (C=O) groups is 1. The van der Waals surface area contributed by atoms with E-state index in [2.05, 4.69) is 22.4 Å². The molecule has 3 heterocycles. The summed E-state index contributed by atoms with van der Waals surface area (Å²) in [6, 6.07) is 7.54. The minimum Gasteiger partial charge on any atom is -0.490 e. The Kier molecular flexibility index (Phi) is 5.21. The van der Waals surface area contributed by atoms with Crippen LogP contribution in [0.5, 0.6) is 5.75 Å². The SMILES string of the molecule is CN1CCC(Oc2ccc(NC(=O)C3CCc4nn(C)c(=O)n4C3)cc2)CC1. The molecule has 1 atom stereocenters. The Hall–Kier alpha value is -2.61. The number of amides is 1. The number of aryl methyl sites for hydroxylation is 2. The van der Waals surface area contributed by atoms with E-state index in [1.54, 1.807) is 11.6 Å². The molecule has 8 nitrogen and oxygen atoms in total. The highest BCUT2D eigenvalue weighted by molar-refractivity contribution is 5.92. The third kappa shape index (κ3) is 3.96. The Morgan fingerprint density at radius 2 is 1.86 bits per heavy atom. The monoisotopic (exact) mass is 385 g/mol. The molecule has 1 aromatic carbocycles. The molecule has 0 bridgehead atoms. The molecule has 2 aliphatic rings. The van der Waals surface area contributed by atoms with Crippen molar-refractivity contribution in [1.29, 1.82) is 0 Å². The Morgan fingerprint density at radius 3 is 2.57 bits per heavy atom. The van der Waals surface area contributed by atoms with E-state index in [4.69, 9.17) is 4.74 Å². The molecule has 1 N–H and O–H groups in total. The van der Waals surface area contributed by atoms with Gasteiger partial charge >= 0.3 is 5.69 Å². The summed E-state index contributed by atoms with van der Waals surface area (Å²) >= 11 is 0. The molecule has 2 aromatic rings. The van der Waals surface area contributed by atoms with Crippen LogP contribution in [0.4, 0.5) is 5.69 Å². The van der Waals surface area contributed by atoms with Crippen LogP contribution in [0.2, 0.25) is 0 Å². The van der Waals surface area contributed by atoms with Crippen LogP contribution in [0.15, 0.2) is 29.1 Å². The van der Waals surface area contributed by atoms with E-state index >= 15 is 0 Å². The van der Waals surface area contributed by atoms with E-state index < -0.39 is 0 Å². The van der Waals surface area contributed by atoms with Crippen molar-refractivity contribution in [2.24, 2.45) is 13.0 Å². The molecule has 0 saturated carbocycles. The van der Waals surface area contributed by atoms with Crippen molar-refractivity contribution in [2.75, 3.05) is 25.5 Å². The maximum Gasteiger partial charge on any atom is 0.345 e. The van der Waals surface area contributed by atoms with Gasteiger partial charge < -0.3 is 15.0 Å². The lowest BCUT2D eigenvalue weighted by Crippen LogP contribution is -2.35. The number of nitrogens with zero attached hydrogens (tertiary/aromatic N) is 4. The molecule has 8 heteroatoms. The van der Waals surface area contributed by atoms with Gasteiger partial charge in [-0.05, 0) is 50.6 Å². The van der Waals surface area contributed by atoms with Gasteiger partial charge in [-0.1, -0.05) is 0 Å². The zero-order valence-electron chi connectivity index (χ0n) is 16.4. The number of benzene rings is 1. The van der Waals surface area contributed by atoms with Crippen molar-refractivity contribution in [3.63, 3.8) is 0 Å². The summed E-state index contributed by atoms with van der Waals surface area (Å²) in [5.41, 5.74) is 0.577. The summed E-state index contributed by atoms with van der Waals surface area (Å²) in [5, 5.41) is 7.17. The maximum absolute atomic E-state index is 12.6. The fourth-order valence-electron chi connectivity index (χ4n) is 3.91. The van der Waals surface area contributed by atoms with Gasteiger partial charge in [0, 0.05) is 38.8 Å². The number of likely N-dealkylation sites (tertiary alicyclic amines) is 1. The molecule has 0 aliphatic carbocycles. The van der Waals surface area contributed by atoms with Crippen molar-refractivity contribution in [2.45, 2.75) is 38.3 Å². The number of ether oxygens (including phenoxy) is 1. The minimum atomic E-state index is -0.232. The predicted molar refractivity (Wildman–Crippen MR) is 105 cm³/mol. The van der Waals surface area contributed by atoms with Gasteiger partial charge in [-0.25, -0.2) is 9.48 Å². The molecular formula is C20H27N5O3. The largest absolute Gasteiger partial charge is 0.490 e. The highest BCUT2D eigenvalue weighted by Gasteiger charge is 2.27. The van der Waals surface area contributed by atoms with Crippen LogP contribution in [-0.4, -0.2) is 51.4 Å². The molecule has 0 radical (unpaired) electrons. The second-order valence-corrected chi connectivity index (χ2v) is 7.80. The first-order valence-electron chi connectivity index (χ1n) is 9.88. The van der Waals surface area contributed by atoms with Crippen molar-refractivity contribution in [3.05, 3.63) is 40.6 Å². The summed E-state index contributed by atoms with van der Waals surface area (Å²) in [4.78, 5) is 27.0. The Balaban J connectivity index is 1.33. The van der Waals surface area contributed by atoms with Gasteiger partial charge in [-0.2, -0.15) is 5.10 Å². The normalized spacial score (nSPS) is 20.6. The number of carbonyl (C=O) groups excluding carboxylic acids is 1. The van der Waals surface area contributed by atoms with E-state index in [1.807, 2.05) is 24.3 Å². The van der Waals surface area contributed by atoms with Gasteiger partial charge in [0.25, 0.3) is 0 Å². The van der Waals surface area contributed by atoms with Gasteiger partial charge in [0.15, 0.2) is 0 Å². The predicted octanol–water partition coefficient (Wildman–Crippen LogP) is 1.26. The second-order valence-electron chi connectivity index (χ2n) is 7.80. The Labute approximate surface area is 164 Å². The van der Waals surface area contributed by atoms with Crippen LogP contribution in [0.1, 0.15) is 25.1 Å². The van der Waals surface area contributed by atoms with Gasteiger partial charge in [0.1, 0.15) is 17.7 Å². The first-order valence-corrected chi connectivity index (χ1v) is 9.88. The van der Waals surface area contributed by atoms with Gasteiger partial charge in [0.2, 0.25) is 5.91 Å². The summed E-state index contributed by atoms with van der Waals surface area (Å²) in [6.07, 6.45) is 3.65. The van der Waals surface area contributed by atoms with Crippen molar-refractivity contribution in [3.8, 4) is 5.75 Å². The smallest absolute Gasteiger partial charge is 0.345 e. The molecule has 150 valence electrons. The number of fused-ring (bicyclic) bond motifs is 1. The van der Waals surface area contributed by atoms with Gasteiger partial charge in [-0.3, -0.25) is 9.36 Å². The van der Waals surface area contributed by atoms with Crippen LogP contribution in [0, 0.1) is 5.92 Å². The van der Waals surface area contributed by atoms with E-state index in [9.17, 15) is 9.59 Å². The first kappa shape index (κ1) is 18.7. The topological polar surface area (TPSA) is 81.4 Å². The van der Waals surface area contributed by atoms with Crippen LogP contribution in [-0.2, 0) is 24.8 Å². The molecule has 1 amide bonds. The lowest BCUT2D eigenvalue weighted by molar-refractivity contribution is -0.120. The Morgan fingerprint density at radius 1 is 1.14 bits per heavy atom. The fourth-order valence-corrected chi connectivity index (χ4v) is 3.91. The lowest BCUT2D eigenvalue weighted by atomic mass is 9.98. The van der Waals surface area contributed by atoms with Crippen molar-refractivity contribution >= 4 is 11.6 Å². The number of anilines is 1. The molecule has 2 aliphatic heterocycles. The molecule has 1 aromatic heterocycles. The fraction of sp³-hybridized carbons (Fsp3) is 0.550. The van der Waals surface area contributed by atoms with Gasteiger partial charge in [-0.15, -0.1) is 0 Å². The molecular weight excluding hydrogens is 358 g/mol. The van der Waals surface area contributed by atoms with Crippen LogP contribution in [0.25, 0.3) is 0 Å². The number of hydrogen-bond acceptors (Lipinski definition) is 5. The molecule has 28 heavy (non-hydrogen) atoms. The quantitative estimate of drug-likeness (QED) is 0.857. The first-order chi connectivity index (χ1) is 13.5. The number of piperidine rings is 1. The third-order valence-corrected chi connectivity index (χ3v) is 5.67. The highest BCUT2D eigenvalue weighted by atomic mass is 16.5. The minimum absolute atomic E-state index is 0.0645. The maximum atomic E-state index is 12.6. The van der Waals surface area contributed by atoms with Gasteiger partial charge in [0.05, 0.1) is 5.92 Å². The van der Waals surface area contributed by atoms with E-state index in [-0.39, 0.29) is 23.6 Å². The summed E-state index contributed by atoms with van der Waals surface area (Å²) in [6.45, 7) is 2.50. The number of hydrogen-bond donors (Lipinski definition) is 1. The van der Waals surface area contributed by atoms with Crippen molar-refractivity contribution < 1.29 is 9.53 Å². The molecule has 1 unspecified atom stereocenters. The van der Waals surface area contributed by atoms with E-state index in [1.165, 1.54) is 4.68 Å². The third-order valence-electron chi connectivity index (χ3n) is 5.67. The number of nitrogens with one attached hydrogen (secondary N) is 1. The average molecular weight is 385 g/mol. The van der Waals surface area contributed by atoms with E-state index in [0.717, 1.165) is 43.2 Å². The Bertz CT molecular complexity index is 894. The van der Waals surface area contributed by atoms with E-state index in [0.29, 0.717) is 19.4 Å². The molecule has 4 rings (SSSR count). The summed E-state index contributed by atoms with van der Waals surface area (Å²) in [7, 11) is 3.77. The zero-order chi connectivity index (χ0) is 19.7. The van der Waals surface area contributed by atoms with Crippen LogP contribution < -0.4 is 15.7 Å². The van der Waals surface area contributed by atoms with Crippen LogP contribution in [0.3, 0.4) is 0 Å². The average Bonchev–Trinajstić information content (AvgIpc) is 2.98. The molecule has 1 fully saturated rings. The summed E-state index contributed by atoms with van der Waals surface area (Å²) < 4.78 is 8.98. The second kappa shape index (κ2) is 7.79. The zero-order valence-corrected chi connectivity index (χ0v) is 16.4. The lowest BCUT2D eigenvalue weighted by Gasteiger charge is -2.29. The highest BCUT2D eigenvalue weighted by Crippen LogP contribution is 2.23. The van der Waals surface area contributed by atoms with Crippen LogP contribution >= 0.6 is 0 Å².